The van der Waals surface area contributed by atoms with Crippen molar-refractivity contribution in [2.24, 2.45) is 0 Å². The van der Waals surface area contributed by atoms with Crippen molar-refractivity contribution in [3.63, 3.8) is 0 Å². The van der Waals surface area contributed by atoms with Crippen molar-refractivity contribution in [2.45, 2.75) is 16.3 Å². The highest BCUT2D eigenvalue weighted by Crippen LogP contribution is 2.33. The first-order valence-electron chi connectivity index (χ1n) is 6.50. The van der Waals surface area contributed by atoms with Crippen LogP contribution in [0, 0.1) is 0 Å². The van der Waals surface area contributed by atoms with Crippen molar-refractivity contribution < 1.29 is 4.74 Å². The van der Waals surface area contributed by atoms with Crippen LogP contribution in [0.3, 0.4) is 0 Å². The molecule has 2 rings (SSSR count). The molecule has 0 unspecified atom stereocenters. The van der Waals surface area contributed by atoms with E-state index in [1.165, 1.54) is 10.5 Å². The van der Waals surface area contributed by atoms with Gasteiger partial charge in [0.1, 0.15) is 0 Å². The zero-order chi connectivity index (χ0) is 14.2. The fourth-order valence-corrected chi connectivity index (χ4v) is 2.92. The van der Waals surface area contributed by atoms with Gasteiger partial charge in [0.2, 0.25) is 0 Å². The Kier molecular flexibility index (Phi) is 6.40. The van der Waals surface area contributed by atoms with Crippen molar-refractivity contribution in [3.8, 4) is 0 Å². The lowest BCUT2D eigenvalue weighted by atomic mass is 10.2. The summed E-state index contributed by atoms with van der Waals surface area (Å²) in [7, 11) is 1.70. The van der Waals surface area contributed by atoms with Crippen LogP contribution in [0.4, 0.5) is 0 Å². The summed E-state index contributed by atoms with van der Waals surface area (Å²) in [4.78, 5) is 2.28. The molecular formula is C16H18ClNOS. The van der Waals surface area contributed by atoms with Gasteiger partial charge < -0.3 is 10.1 Å². The van der Waals surface area contributed by atoms with Crippen molar-refractivity contribution in [3.05, 3.63) is 59.1 Å². The Bertz CT molecular complexity index is 533. The maximum absolute atomic E-state index is 6.35. The smallest absolute Gasteiger partial charge is 0.0587 e. The molecule has 0 heterocycles. The van der Waals surface area contributed by atoms with Gasteiger partial charge in [-0.15, -0.1) is 0 Å². The van der Waals surface area contributed by atoms with Crippen molar-refractivity contribution in [1.29, 1.82) is 0 Å². The predicted molar refractivity (Wildman–Crippen MR) is 85.6 cm³/mol. The van der Waals surface area contributed by atoms with E-state index in [4.69, 9.17) is 16.3 Å². The molecule has 2 nitrogen and oxygen atoms in total. The highest BCUT2D eigenvalue weighted by molar-refractivity contribution is 7.99. The van der Waals surface area contributed by atoms with Crippen LogP contribution in [0.15, 0.2) is 58.3 Å². The van der Waals surface area contributed by atoms with Gasteiger partial charge in [-0.3, -0.25) is 0 Å². The maximum atomic E-state index is 6.35. The van der Waals surface area contributed by atoms with Crippen LogP contribution in [0.1, 0.15) is 5.56 Å². The molecule has 0 saturated heterocycles. The average molecular weight is 308 g/mol. The number of ether oxygens (including phenoxy) is 1. The largest absolute Gasteiger partial charge is 0.383 e. The average Bonchev–Trinajstić information content (AvgIpc) is 2.47. The van der Waals surface area contributed by atoms with Gasteiger partial charge in [-0.05, 0) is 29.8 Å². The molecule has 2 aromatic rings. The molecule has 0 atom stereocenters. The fraction of sp³-hybridized carbons (Fsp3) is 0.250. The molecule has 0 bridgehead atoms. The highest BCUT2D eigenvalue weighted by atomic mass is 35.5. The van der Waals surface area contributed by atoms with Crippen LogP contribution in [0.5, 0.6) is 0 Å². The lowest BCUT2D eigenvalue weighted by Gasteiger charge is -2.08. The van der Waals surface area contributed by atoms with E-state index >= 15 is 0 Å². The third kappa shape index (κ3) is 4.84. The molecule has 0 aliphatic carbocycles. The maximum Gasteiger partial charge on any atom is 0.0587 e. The Morgan fingerprint density at radius 3 is 2.65 bits per heavy atom. The molecule has 106 valence electrons. The molecule has 0 amide bonds. The number of methoxy groups -OCH3 is 1. The van der Waals surface area contributed by atoms with E-state index in [9.17, 15) is 0 Å². The second-order valence-corrected chi connectivity index (χ2v) is 5.87. The Morgan fingerprint density at radius 2 is 1.95 bits per heavy atom. The van der Waals surface area contributed by atoms with E-state index in [0.717, 1.165) is 29.6 Å². The lowest BCUT2D eigenvalue weighted by Crippen LogP contribution is -2.18. The summed E-state index contributed by atoms with van der Waals surface area (Å²) in [5.74, 6) is 0. The fourth-order valence-electron chi connectivity index (χ4n) is 1.76. The van der Waals surface area contributed by atoms with Crippen LogP contribution in [-0.4, -0.2) is 20.3 Å². The molecule has 2 aromatic carbocycles. The van der Waals surface area contributed by atoms with E-state index in [0.29, 0.717) is 0 Å². The Labute approximate surface area is 129 Å². The van der Waals surface area contributed by atoms with Gasteiger partial charge in [-0.25, -0.2) is 0 Å². The van der Waals surface area contributed by atoms with Crippen LogP contribution >= 0.6 is 23.4 Å². The monoisotopic (exact) mass is 307 g/mol. The molecule has 0 aliphatic heterocycles. The number of halogens is 1. The standard InChI is InChI=1S/C16H18ClNOS/c1-19-10-9-18-12-13-7-8-16(15(17)11-13)20-14-5-3-2-4-6-14/h2-8,11,18H,9-10,12H2,1H3. The first-order valence-corrected chi connectivity index (χ1v) is 7.70. The minimum absolute atomic E-state index is 0.718. The van der Waals surface area contributed by atoms with Crippen molar-refractivity contribution in [1.82, 2.24) is 5.32 Å². The number of benzene rings is 2. The molecule has 0 radical (unpaired) electrons. The molecule has 4 heteroatoms. The van der Waals surface area contributed by atoms with E-state index in [-0.39, 0.29) is 0 Å². The lowest BCUT2D eigenvalue weighted by molar-refractivity contribution is 0.199. The second kappa shape index (κ2) is 8.32. The van der Waals surface area contributed by atoms with Gasteiger partial charge in [0.25, 0.3) is 0 Å². The summed E-state index contributed by atoms with van der Waals surface area (Å²) in [6.45, 7) is 2.36. The molecule has 20 heavy (non-hydrogen) atoms. The quantitative estimate of drug-likeness (QED) is 0.774. The minimum Gasteiger partial charge on any atom is -0.383 e. The topological polar surface area (TPSA) is 21.3 Å². The summed E-state index contributed by atoms with van der Waals surface area (Å²) >= 11 is 8.03. The van der Waals surface area contributed by atoms with Gasteiger partial charge >= 0.3 is 0 Å². The second-order valence-electron chi connectivity index (χ2n) is 4.35. The van der Waals surface area contributed by atoms with E-state index in [2.05, 4.69) is 29.6 Å². The molecule has 0 spiro atoms. The molecule has 0 fully saturated rings. The Morgan fingerprint density at radius 1 is 1.15 bits per heavy atom. The van der Waals surface area contributed by atoms with Crippen LogP contribution < -0.4 is 5.32 Å². The SMILES string of the molecule is COCCNCc1ccc(Sc2ccccc2)c(Cl)c1. The van der Waals surface area contributed by atoms with E-state index in [1.807, 2.05) is 24.3 Å². The molecule has 0 saturated carbocycles. The summed E-state index contributed by atoms with van der Waals surface area (Å²) in [5.41, 5.74) is 1.18. The van der Waals surface area contributed by atoms with Gasteiger partial charge in [0, 0.05) is 30.0 Å². The molecular weight excluding hydrogens is 290 g/mol. The van der Waals surface area contributed by atoms with Gasteiger partial charge in [0.15, 0.2) is 0 Å². The first-order chi connectivity index (χ1) is 9.79. The zero-order valence-corrected chi connectivity index (χ0v) is 13.0. The minimum atomic E-state index is 0.718. The van der Waals surface area contributed by atoms with Crippen LogP contribution in [0.25, 0.3) is 0 Å². The van der Waals surface area contributed by atoms with Gasteiger partial charge in [0.05, 0.1) is 11.6 Å². The van der Waals surface area contributed by atoms with Crippen molar-refractivity contribution >= 4 is 23.4 Å². The zero-order valence-electron chi connectivity index (χ0n) is 11.4. The first kappa shape index (κ1) is 15.4. The Hall–Kier alpha value is -1.00. The summed E-state index contributed by atoms with van der Waals surface area (Å²) in [6, 6.07) is 16.5. The summed E-state index contributed by atoms with van der Waals surface area (Å²) in [5, 5.41) is 4.10. The van der Waals surface area contributed by atoms with E-state index in [1.54, 1.807) is 18.9 Å². The normalized spacial score (nSPS) is 10.7. The van der Waals surface area contributed by atoms with Crippen LogP contribution in [0.2, 0.25) is 5.02 Å². The molecule has 0 aromatic heterocycles. The molecule has 0 aliphatic rings. The summed E-state index contributed by atoms with van der Waals surface area (Å²) in [6.07, 6.45) is 0. The number of hydrogen-bond acceptors (Lipinski definition) is 3. The van der Waals surface area contributed by atoms with E-state index < -0.39 is 0 Å². The number of hydrogen-bond donors (Lipinski definition) is 1. The van der Waals surface area contributed by atoms with Crippen LogP contribution in [-0.2, 0) is 11.3 Å². The number of rotatable bonds is 7. The van der Waals surface area contributed by atoms with Crippen molar-refractivity contribution in [2.75, 3.05) is 20.3 Å². The van der Waals surface area contributed by atoms with Gasteiger partial charge in [-0.1, -0.05) is 47.6 Å². The highest BCUT2D eigenvalue weighted by Gasteiger charge is 2.04. The third-order valence-corrected chi connectivity index (χ3v) is 4.29. The van der Waals surface area contributed by atoms with Gasteiger partial charge in [-0.2, -0.15) is 0 Å². The Balaban J connectivity index is 1.95. The summed E-state index contributed by atoms with van der Waals surface area (Å²) < 4.78 is 5.00. The molecule has 1 N–H and O–H groups in total. The number of nitrogens with one attached hydrogen (secondary N) is 1. The predicted octanol–water partition coefficient (Wildman–Crippen LogP) is 4.23. The third-order valence-electron chi connectivity index (χ3n) is 2.78.